The summed E-state index contributed by atoms with van der Waals surface area (Å²) in [5.41, 5.74) is 4.10. The normalized spacial score (nSPS) is 20.3. The summed E-state index contributed by atoms with van der Waals surface area (Å²) < 4.78 is 2.24. The van der Waals surface area contributed by atoms with Crippen LogP contribution in [-0.4, -0.2) is 47.1 Å². The summed E-state index contributed by atoms with van der Waals surface area (Å²) in [5, 5.41) is 3.56. The molecule has 0 bridgehead atoms. The van der Waals surface area contributed by atoms with Gasteiger partial charge in [0.25, 0.3) is 0 Å². The van der Waals surface area contributed by atoms with Crippen molar-refractivity contribution in [2.75, 3.05) is 26.7 Å². The highest BCUT2D eigenvalue weighted by atomic mass is 127. The Morgan fingerprint density at radius 3 is 2.81 bits per heavy atom. The highest BCUT2D eigenvalue weighted by Crippen LogP contribution is 2.27. The maximum Gasteiger partial charge on any atom is 0.193 e. The lowest BCUT2D eigenvalue weighted by Gasteiger charge is -2.39. The Morgan fingerprint density at radius 2 is 2.15 bits per heavy atom. The molecule has 1 aromatic carbocycles. The third-order valence-corrected chi connectivity index (χ3v) is 5.51. The molecule has 1 N–H and O–H groups in total. The summed E-state index contributed by atoms with van der Waals surface area (Å²) in [6.07, 6.45) is 8.05. The number of benzene rings is 1. The number of imidazole rings is 1. The van der Waals surface area contributed by atoms with E-state index in [1.165, 1.54) is 23.1 Å². The number of hydrogen-bond donors (Lipinski definition) is 1. The fraction of sp³-hybridized carbons (Fsp3) is 0.524. The maximum atomic E-state index is 4.53. The predicted octanol–water partition coefficient (Wildman–Crippen LogP) is 3.82. The van der Waals surface area contributed by atoms with Crippen LogP contribution in [0.3, 0.4) is 0 Å². The van der Waals surface area contributed by atoms with Crippen LogP contribution in [0.2, 0.25) is 0 Å². The monoisotopic (exact) mass is 481 g/mol. The first kappa shape index (κ1) is 21.7. The summed E-state index contributed by atoms with van der Waals surface area (Å²) >= 11 is 0. The number of aliphatic imine (C=N–C) groups is 1. The van der Waals surface area contributed by atoms with Crippen molar-refractivity contribution in [3.05, 3.63) is 53.6 Å². The molecule has 0 spiro atoms. The molecule has 1 aliphatic rings. The van der Waals surface area contributed by atoms with Gasteiger partial charge in [0.15, 0.2) is 5.96 Å². The van der Waals surface area contributed by atoms with Gasteiger partial charge < -0.3 is 14.8 Å². The molecule has 2 aromatic rings. The smallest absolute Gasteiger partial charge is 0.193 e. The van der Waals surface area contributed by atoms with Crippen molar-refractivity contribution in [1.82, 2.24) is 19.8 Å². The summed E-state index contributed by atoms with van der Waals surface area (Å²) in [6, 6.07) is 7.14. The van der Waals surface area contributed by atoms with E-state index in [0.717, 1.165) is 32.0 Å². The van der Waals surface area contributed by atoms with E-state index < -0.39 is 0 Å². The molecule has 0 aliphatic carbocycles. The molecule has 1 saturated heterocycles. The van der Waals surface area contributed by atoms with Crippen molar-refractivity contribution in [2.24, 2.45) is 10.9 Å². The minimum Gasteiger partial charge on any atom is -0.356 e. The van der Waals surface area contributed by atoms with Crippen molar-refractivity contribution in [1.29, 1.82) is 0 Å². The molecule has 2 heterocycles. The van der Waals surface area contributed by atoms with E-state index in [4.69, 9.17) is 0 Å². The van der Waals surface area contributed by atoms with E-state index in [1.807, 2.05) is 19.6 Å². The molecule has 1 aliphatic heterocycles. The van der Waals surface area contributed by atoms with Crippen LogP contribution in [-0.2, 0) is 6.42 Å². The summed E-state index contributed by atoms with van der Waals surface area (Å²) in [5.74, 6) is 1.65. The summed E-state index contributed by atoms with van der Waals surface area (Å²) in [4.78, 5) is 11.1. The predicted molar refractivity (Wildman–Crippen MR) is 123 cm³/mol. The minimum absolute atomic E-state index is 0. The number of likely N-dealkylation sites (tertiary alicyclic amines) is 1. The number of aryl methyl sites for hydroxylation is 2. The van der Waals surface area contributed by atoms with Crippen LogP contribution >= 0.6 is 24.0 Å². The summed E-state index contributed by atoms with van der Waals surface area (Å²) in [6.45, 7) is 9.59. The molecular weight excluding hydrogens is 449 g/mol. The number of piperidine rings is 1. The van der Waals surface area contributed by atoms with Gasteiger partial charge in [-0.05, 0) is 43.7 Å². The van der Waals surface area contributed by atoms with Crippen molar-refractivity contribution >= 4 is 29.9 Å². The fourth-order valence-electron chi connectivity index (χ4n) is 3.86. The Labute approximate surface area is 180 Å². The van der Waals surface area contributed by atoms with Crippen molar-refractivity contribution in [2.45, 2.75) is 39.7 Å². The zero-order chi connectivity index (χ0) is 18.5. The number of hydrogen-bond acceptors (Lipinski definition) is 2. The Balaban J connectivity index is 0.00000261. The van der Waals surface area contributed by atoms with Crippen LogP contribution in [0.25, 0.3) is 0 Å². The third-order valence-electron chi connectivity index (χ3n) is 5.51. The van der Waals surface area contributed by atoms with Crippen molar-refractivity contribution in [3.8, 4) is 0 Å². The van der Waals surface area contributed by atoms with Crippen molar-refractivity contribution in [3.63, 3.8) is 0 Å². The fourth-order valence-corrected chi connectivity index (χ4v) is 3.86. The first-order chi connectivity index (χ1) is 12.6. The van der Waals surface area contributed by atoms with Gasteiger partial charge in [-0.3, -0.25) is 4.99 Å². The van der Waals surface area contributed by atoms with Gasteiger partial charge in [0.05, 0.1) is 12.4 Å². The lowest BCUT2D eigenvalue weighted by Crippen LogP contribution is -2.49. The second kappa shape index (κ2) is 10.1. The second-order valence-electron chi connectivity index (χ2n) is 7.44. The van der Waals surface area contributed by atoms with E-state index in [9.17, 15) is 0 Å². The molecule has 5 nitrogen and oxygen atoms in total. The van der Waals surface area contributed by atoms with Crippen LogP contribution in [0.4, 0.5) is 0 Å². The molecule has 0 saturated carbocycles. The van der Waals surface area contributed by atoms with Gasteiger partial charge in [0, 0.05) is 39.1 Å². The summed E-state index contributed by atoms with van der Waals surface area (Å²) in [7, 11) is 1.88. The van der Waals surface area contributed by atoms with Crippen LogP contribution in [0.15, 0.2) is 41.9 Å². The molecular formula is C21H32IN5. The van der Waals surface area contributed by atoms with Gasteiger partial charge in [-0.1, -0.05) is 30.7 Å². The first-order valence-corrected chi connectivity index (χ1v) is 9.57. The lowest BCUT2D eigenvalue weighted by molar-refractivity contribution is 0.189. The first-order valence-electron chi connectivity index (χ1n) is 9.57. The number of aromatic nitrogens is 2. The SMILES string of the molecule is CN=C(NCCc1ccc(C)cc1C)N1CCC(C)C(n2ccnc2)C1.I. The topological polar surface area (TPSA) is 45.5 Å². The number of nitrogens with zero attached hydrogens (tertiary/aromatic N) is 4. The largest absolute Gasteiger partial charge is 0.356 e. The Kier molecular flexibility index (Phi) is 8.13. The van der Waals surface area contributed by atoms with Crippen LogP contribution in [0, 0.1) is 19.8 Å². The molecule has 1 aromatic heterocycles. The second-order valence-corrected chi connectivity index (χ2v) is 7.44. The van der Waals surface area contributed by atoms with Crippen molar-refractivity contribution < 1.29 is 0 Å². The Hall–Kier alpha value is -1.57. The van der Waals surface area contributed by atoms with E-state index in [2.05, 4.69) is 69.9 Å². The van der Waals surface area contributed by atoms with Gasteiger partial charge in [-0.15, -0.1) is 24.0 Å². The average Bonchev–Trinajstić information content (AvgIpc) is 3.15. The van der Waals surface area contributed by atoms with E-state index in [-0.39, 0.29) is 24.0 Å². The maximum absolute atomic E-state index is 4.53. The Morgan fingerprint density at radius 1 is 1.33 bits per heavy atom. The van der Waals surface area contributed by atoms with Crippen LogP contribution in [0.1, 0.15) is 36.1 Å². The van der Waals surface area contributed by atoms with Crippen LogP contribution in [0.5, 0.6) is 0 Å². The molecule has 3 rings (SSSR count). The molecule has 6 heteroatoms. The van der Waals surface area contributed by atoms with E-state index in [0.29, 0.717) is 12.0 Å². The molecule has 1 fully saturated rings. The molecule has 27 heavy (non-hydrogen) atoms. The van der Waals surface area contributed by atoms with Crippen LogP contribution < -0.4 is 5.32 Å². The molecule has 0 radical (unpaired) electrons. The number of halogens is 1. The van der Waals surface area contributed by atoms with E-state index in [1.54, 1.807) is 0 Å². The molecule has 2 atom stereocenters. The lowest BCUT2D eigenvalue weighted by atomic mass is 9.93. The minimum atomic E-state index is 0. The average molecular weight is 481 g/mol. The van der Waals surface area contributed by atoms with Gasteiger partial charge in [-0.2, -0.15) is 0 Å². The molecule has 2 unspecified atom stereocenters. The third kappa shape index (κ3) is 5.46. The number of rotatable bonds is 4. The highest BCUT2D eigenvalue weighted by molar-refractivity contribution is 14.0. The Bertz CT molecular complexity index is 741. The zero-order valence-electron chi connectivity index (χ0n) is 16.9. The van der Waals surface area contributed by atoms with Gasteiger partial charge in [0.2, 0.25) is 0 Å². The standard InChI is InChI=1S/C21H31N5.HI/c1-16-5-6-19(18(3)13-16)7-9-24-21(22-4)25-11-8-17(2)20(14-25)26-12-10-23-15-26;/h5-6,10,12-13,15,17,20H,7-9,11,14H2,1-4H3,(H,22,24);1H. The van der Waals surface area contributed by atoms with Gasteiger partial charge in [-0.25, -0.2) is 4.98 Å². The molecule has 148 valence electrons. The zero-order valence-corrected chi connectivity index (χ0v) is 19.2. The quantitative estimate of drug-likeness (QED) is 0.411. The van der Waals surface area contributed by atoms with Gasteiger partial charge >= 0.3 is 0 Å². The molecule has 0 amide bonds. The van der Waals surface area contributed by atoms with E-state index >= 15 is 0 Å². The number of guanidine groups is 1. The highest BCUT2D eigenvalue weighted by Gasteiger charge is 2.28. The number of nitrogens with one attached hydrogen (secondary N) is 1. The van der Waals surface area contributed by atoms with Gasteiger partial charge in [0.1, 0.15) is 0 Å².